The Bertz CT molecular complexity index is 210. The molecule has 0 amide bonds. The van der Waals surface area contributed by atoms with Crippen molar-refractivity contribution in [3.8, 4) is 0 Å². The third-order valence-electron chi connectivity index (χ3n) is 1.56. The quantitative estimate of drug-likeness (QED) is 0.603. The molecule has 74 valence electrons. The van der Waals surface area contributed by atoms with Crippen molar-refractivity contribution in [2.75, 3.05) is 13.6 Å². The number of rotatable bonds is 5. The van der Waals surface area contributed by atoms with Crippen molar-refractivity contribution in [2.45, 2.75) is 6.92 Å². The summed E-state index contributed by atoms with van der Waals surface area (Å²) in [5.41, 5.74) is 0. The van der Waals surface area contributed by atoms with Gasteiger partial charge in [-0.15, -0.1) is 0 Å². The number of nitrogens with zero attached hydrogens (tertiary/aromatic N) is 1. The van der Waals surface area contributed by atoms with Gasteiger partial charge in [-0.2, -0.15) is 0 Å². The molecule has 0 radical (unpaired) electrons. The van der Waals surface area contributed by atoms with E-state index in [1.54, 1.807) is 11.9 Å². The number of carboxylic acid groups (broad SMARTS) is 2. The highest BCUT2D eigenvalue weighted by Crippen LogP contribution is 2.00. The lowest BCUT2D eigenvalue weighted by atomic mass is 10.1. The first kappa shape index (κ1) is 11.5. The Balaban J connectivity index is 4.34. The van der Waals surface area contributed by atoms with Crippen molar-refractivity contribution in [3.63, 3.8) is 0 Å². The van der Waals surface area contributed by atoms with Crippen LogP contribution < -0.4 is 0 Å². The van der Waals surface area contributed by atoms with E-state index in [9.17, 15) is 9.59 Å². The van der Waals surface area contributed by atoms with E-state index < -0.39 is 17.9 Å². The van der Waals surface area contributed by atoms with Crippen molar-refractivity contribution in [1.82, 2.24) is 4.90 Å². The summed E-state index contributed by atoms with van der Waals surface area (Å²) in [5.74, 6) is -4.17. The van der Waals surface area contributed by atoms with Crippen LogP contribution in [0.3, 0.4) is 0 Å². The van der Waals surface area contributed by atoms with Gasteiger partial charge >= 0.3 is 11.9 Å². The standard InChI is InChI=1S/C8H13NO4/c1-3-9(2)5-4-6(7(10)11)8(12)13/h4-6H,3H2,1-2H3,(H,10,11)(H,12,13)/b5-4-. The highest BCUT2D eigenvalue weighted by Gasteiger charge is 2.22. The van der Waals surface area contributed by atoms with Crippen LogP contribution in [0.4, 0.5) is 0 Å². The molecule has 0 atom stereocenters. The summed E-state index contributed by atoms with van der Waals surface area (Å²) in [6, 6.07) is 0. The molecule has 0 aromatic heterocycles. The van der Waals surface area contributed by atoms with E-state index in [1.807, 2.05) is 6.92 Å². The molecule has 0 saturated carbocycles. The summed E-state index contributed by atoms with van der Waals surface area (Å²) < 4.78 is 0. The molecule has 0 aromatic carbocycles. The molecule has 0 saturated heterocycles. The Morgan fingerprint density at radius 1 is 1.38 bits per heavy atom. The van der Waals surface area contributed by atoms with Crippen LogP contribution in [0.2, 0.25) is 0 Å². The monoisotopic (exact) mass is 187 g/mol. The van der Waals surface area contributed by atoms with Crippen molar-refractivity contribution in [2.24, 2.45) is 5.92 Å². The third-order valence-corrected chi connectivity index (χ3v) is 1.56. The smallest absolute Gasteiger partial charge is 0.321 e. The first-order valence-corrected chi connectivity index (χ1v) is 3.83. The molecule has 0 aromatic rings. The van der Waals surface area contributed by atoms with Gasteiger partial charge in [0.2, 0.25) is 0 Å². The van der Waals surface area contributed by atoms with Crippen LogP contribution in [0.1, 0.15) is 6.92 Å². The van der Waals surface area contributed by atoms with Crippen molar-refractivity contribution < 1.29 is 19.8 Å². The molecule has 0 aliphatic carbocycles. The Kier molecular flexibility index (Phi) is 4.58. The molecular weight excluding hydrogens is 174 g/mol. The highest BCUT2D eigenvalue weighted by molar-refractivity contribution is 5.94. The van der Waals surface area contributed by atoms with E-state index in [2.05, 4.69) is 0 Å². The van der Waals surface area contributed by atoms with Crippen LogP contribution in [0.25, 0.3) is 0 Å². The second-order valence-electron chi connectivity index (χ2n) is 2.57. The third kappa shape index (κ3) is 4.15. The minimum atomic E-state index is -1.46. The molecule has 0 aliphatic heterocycles. The largest absolute Gasteiger partial charge is 0.480 e. The van der Waals surface area contributed by atoms with Gasteiger partial charge in [-0.25, -0.2) is 0 Å². The summed E-state index contributed by atoms with van der Waals surface area (Å²) in [6.45, 7) is 2.57. The van der Waals surface area contributed by atoms with Crippen LogP contribution in [-0.2, 0) is 9.59 Å². The van der Waals surface area contributed by atoms with Crippen LogP contribution in [0.15, 0.2) is 12.3 Å². The lowest BCUT2D eigenvalue weighted by Gasteiger charge is -2.10. The highest BCUT2D eigenvalue weighted by atomic mass is 16.4. The van der Waals surface area contributed by atoms with Crippen molar-refractivity contribution >= 4 is 11.9 Å². The summed E-state index contributed by atoms with van der Waals surface area (Å²) >= 11 is 0. The fraction of sp³-hybridized carbons (Fsp3) is 0.500. The summed E-state index contributed by atoms with van der Waals surface area (Å²) in [7, 11) is 1.73. The Morgan fingerprint density at radius 2 is 1.85 bits per heavy atom. The molecule has 0 fully saturated rings. The molecule has 0 rings (SSSR count). The second kappa shape index (κ2) is 5.18. The minimum absolute atomic E-state index is 0.697. The maximum absolute atomic E-state index is 10.4. The Labute approximate surface area is 76.3 Å². The normalized spacial score (nSPS) is 10.7. The van der Waals surface area contributed by atoms with Crippen molar-refractivity contribution in [3.05, 3.63) is 12.3 Å². The fourth-order valence-corrected chi connectivity index (χ4v) is 0.609. The average molecular weight is 187 g/mol. The maximum Gasteiger partial charge on any atom is 0.321 e. The summed E-state index contributed by atoms with van der Waals surface area (Å²) in [4.78, 5) is 22.5. The molecule has 2 N–H and O–H groups in total. The topological polar surface area (TPSA) is 77.8 Å². The molecule has 5 heteroatoms. The zero-order chi connectivity index (χ0) is 10.4. The fourth-order valence-electron chi connectivity index (χ4n) is 0.609. The summed E-state index contributed by atoms with van der Waals surface area (Å²) in [5, 5.41) is 17.0. The van der Waals surface area contributed by atoms with Crippen LogP contribution in [0.5, 0.6) is 0 Å². The first-order chi connectivity index (χ1) is 5.99. The SMILES string of the molecule is CCN(C)/C=C\C(C(=O)O)C(=O)O. The summed E-state index contributed by atoms with van der Waals surface area (Å²) in [6.07, 6.45) is 2.60. The zero-order valence-corrected chi connectivity index (χ0v) is 7.60. The Hall–Kier alpha value is -1.52. The van der Waals surface area contributed by atoms with Gasteiger partial charge in [0.25, 0.3) is 0 Å². The van der Waals surface area contributed by atoms with Gasteiger partial charge in [-0.3, -0.25) is 9.59 Å². The van der Waals surface area contributed by atoms with Gasteiger partial charge in [0.1, 0.15) is 0 Å². The van der Waals surface area contributed by atoms with Gasteiger partial charge in [0.05, 0.1) is 0 Å². The van der Waals surface area contributed by atoms with Crippen LogP contribution in [-0.4, -0.2) is 40.6 Å². The molecule has 5 nitrogen and oxygen atoms in total. The zero-order valence-electron chi connectivity index (χ0n) is 7.60. The van der Waals surface area contributed by atoms with Crippen LogP contribution in [0, 0.1) is 5.92 Å². The predicted octanol–water partition coefficient (Wildman–Crippen LogP) is 0.237. The van der Waals surface area contributed by atoms with Gasteiger partial charge in [-0.1, -0.05) is 0 Å². The number of hydrogen-bond donors (Lipinski definition) is 2. The molecule has 0 aliphatic rings. The van der Waals surface area contributed by atoms with E-state index in [0.717, 1.165) is 6.08 Å². The predicted molar refractivity (Wildman–Crippen MR) is 46.2 cm³/mol. The second-order valence-corrected chi connectivity index (χ2v) is 2.57. The van der Waals surface area contributed by atoms with E-state index in [-0.39, 0.29) is 0 Å². The minimum Gasteiger partial charge on any atom is -0.480 e. The van der Waals surface area contributed by atoms with E-state index >= 15 is 0 Å². The molecule has 0 bridgehead atoms. The van der Waals surface area contributed by atoms with E-state index in [0.29, 0.717) is 6.54 Å². The first-order valence-electron chi connectivity index (χ1n) is 3.83. The van der Waals surface area contributed by atoms with E-state index in [4.69, 9.17) is 10.2 Å². The van der Waals surface area contributed by atoms with Gasteiger partial charge in [0, 0.05) is 13.6 Å². The average Bonchev–Trinajstić information content (AvgIpc) is 2.03. The molecular formula is C8H13NO4. The number of carbonyl (C=O) groups is 2. The Morgan fingerprint density at radius 3 is 2.15 bits per heavy atom. The maximum atomic E-state index is 10.4. The van der Waals surface area contributed by atoms with Gasteiger partial charge < -0.3 is 15.1 Å². The number of carboxylic acids is 2. The van der Waals surface area contributed by atoms with Crippen molar-refractivity contribution in [1.29, 1.82) is 0 Å². The molecule has 0 heterocycles. The molecule has 0 spiro atoms. The van der Waals surface area contributed by atoms with E-state index in [1.165, 1.54) is 6.20 Å². The number of aliphatic carboxylic acids is 2. The van der Waals surface area contributed by atoms with Gasteiger partial charge in [0.15, 0.2) is 5.92 Å². The lowest BCUT2D eigenvalue weighted by molar-refractivity contribution is -0.151. The van der Waals surface area contributed by atoms with Gasteiger partial charge in [-0.05, 0) is 19.2 Å². The molecule has 0 unspecified atom stereocenters. The molecule has 13 heavy (non-hydrogen) atoms. The number of hydrogen-bond acceptors (Lipinski definition) is 3. The lowest BCUT2D eigenvalue weighted by Crippen LogP contribution is -2.22. The van der Waals surface area contributed by atoms with Crippen LogP contribution >= 0.6 is 0 Å².